The van der Waals surface area contributed by atoms with Gasteiger partial charge in [0, 0.05) is 25.2 Å². The zero-order valence-corrected chi connectivity index (χ0v) is 15.6. The first-order valence-corrected chi connectivity index (χ1v) is 9.54. The SMILES string of the molecule is C[C@H](CC(=O)O)NC(=O)c1cc2n(n1)CCN(CCC1CCNCC1)C2=O. The van der Waals surface area contributed by atoms with E-state index in [-0.39, 0.29) is 18.0 Å². The number of carboxylic acid groups (broad SMARTS) is 1. The van der Waals surface area contributed by atoms with Gasteiger partial charge in [-0.1, -0.05) is 0 Å². The van der Waals surface area contributed by atoms with Crippen molar-refractivity contribution in [2.24, 2.45) is 5.92 Å². The van der Waals surface area contributed by atoms with Gasteiger partial charge in [-0.15, -0.1) is 0 Å². The molecule has 2 aliphatic rings. The van der Waals surface area contributed by atoms with Crippen LogP contribution < -0.4 is 10.6 Å². The Kier molecular flexibility index (Phi) is 6.10. The van der Waals surface area contributed by atoms with Crippen molar-refractivity contribution < 1.29 is 19.5 Å². The summed E-state index contributed by atoms with van der Waals surface area (Å²) in [7, 11) is 0. The van der Waals surface area contributed by atoms with Gasteiger partial charge in [-0.05, 0) is 45.2 Å². The Bertz CT molecular complexity index is 711. The minimum absolute atomic E-state index is 0.0969. The lowest BCUT2D eigenvalue weighted by Crippen LogP contribution is -2.41. The Morgan fingerprint density at radius 2 is 2.11 bits per heavy atom. The van der Waals surface area contributed by atoms with Crippen LogP contribution >= 0.6 is 0 Å². The number of rotatable bonds is 7. The number of nitrogens with one attached hydrogen (secondary N) is 2. The van der Waals surface area contributed by atoms with Crippen LogP contribution in [0.4, 0.5) is 0 Å². The number of carbonyl (C=O) groups excluding carboxylic acids is 2. The van der Waals surface area contributed by atoms with Crippen molar-refractivity contribution in [1.82, 2.24) is 25.3 Å². The Labute approximate surface area is 158 Å². The van der Waals surface area contributed by atoms with Crippen LogP contribution in [0, 0.1) is 5.92 Å². The van der Waals surface area contributed by atoms with Gasteiger partial charge < -0.3 is 20.6 Å². The van der Waals surface area contributed by atoms with E-state index in [9.17, 15) is 14.4 Å². The second-order valence-electron chi connectivity index (χ2n) is 7.38. The van der Waals surface area contributed by atoms with Gasteiger partial charge in [-0.3, -0.25) is 19.1 Å². The minimum Gasteiger partial charge on any atom is -0.481 e. The molecule has 1 saturated heterocycles. The number of aromatic nitrogens is 2. The van der Waals surface area contributed by atoms with Crippen LogP contribution in [0.3, 0.4) is 0 Å². The molecule has 0 unspecified atom stereocenters. The highest BCUT2D eigenvalue weighted by molar-refractivity contribution is 5.98. The first-order chi connectivity index (χ1) is 12.9. The van der Waals surface area contributed by atoms with Crippen molar-refractivity contribution in [1.29, 1.82) is 0 Å². The summed E-state index contributed by atoms with van der Waals surface area (Å²) in [5.74, 6) is -0.880. The lowest BCUT2D eigenvalue weighted by Gasteiger charge is -2.30. The summed E-state index contributed by atoms with van der Waals surface area (Å²) in [5, 5.41) is 19.0. The standard InChI is InChI=1S/C18H27N5O4/c1-12(10-16(24)25)20-17(26)14-11-15-18(27)22(8-9-23(15)21-14)7-4-13-2-5-19-6-3-13/h11-13,19H,2-10H2,1H3,(H,20,26)(H,24,25)/t12-/m1/s1. The molecule has 3 N–H and O–H groups in total. The third kappa shape index (κ3) is 4.85. The van der Waals surface area contributed by atoms with Gasteiger partial charge in [0.15, 0.2) is 5.69 Å². The number of hydrogen-bond donors (Lipinski definition) is 3. The molecule has 148 valence electrons. The van der Waals surface area contributed by atoms with Gasteiger partial charge in [0.2, 0.25) is 0 Å². The van der Waals surface area contributed by atoms with Crippen LogP contribution in [0.1, 0.15) is 53.6 Å². The van der Waals surface area contributed by atoms with Crippen LogP contribution in [0.15, 0.2) is 6.07 Å². The summed E-state index contributed by atoms with van der Waals surface area (Å²) in [4.78, 5) is 37.6. The molecule has 2 amide bonds. The molecule has 27 heavy (non-hydrogen) atoms. The molecule has 0 radical (unpaired) electrons. The molecule has 0 saturated carbocycles. The third-order valence-electron chi connectivity index (χ3n) is 5.22. The van der Waals surface area contributed by atoms with Crippen molar-refractivity contribution in [3.05, 3.63) is 17.5 Å². The van der Waals surface area contributed by atoms with Crippen molar-refractivity contribution in [3.8, 4) is 0 Å². The Morgan fingerprint density at radius 3 is 2.81 bits per heavy atom. The van der Waals surface area contributed by atoms with E-state index in [4.69, 9.17) is 5.11 Å². The van der Waals surface area contributed by atoms with E-state index in [0.717, 1.165) is 38.9 Å². The van der Waals surface area contributed by atoms with Crippen LogP contribution in [0.5, 0.6) is 0 Å². The fourth-order valence-electron chi connectivity index (χ4n) is 3.68. The average molecular weight is 377 g/mol. The number of carbonyl (C=O) groups is 3. The first kappa shape index (κ1) is 19.3. The summed E-state index contributed by atoms with van der Waals surface area (Å²) < 4.78 is 1.57. The van der Waals surface area contributed by atoms with Gasteiger partial charge >= 0.3 is 5.97 Å². The molecule has 9 heteroatoms. The molecule has 1 aromatic heterocycles. The van der Waals surface area contributed by atoms with Gasteiger partial charge in [-0.25, -0.2) is 0 Å². The van der Waals surface area contributed by atoms with E-state index in [0.29, 0.717) is 24.7 Å². The largest absolute Gasteiger partial charge is 0.481 e. The van der Waals surface area contributed by atoms with Crippen LogP contribution in [0.25, 0.3) is 0 Å². The fourth-order valence-corrected chi connectivity index (χ4v) is 3.68. The van der Waals surface area contributed by atoms with E-state index in [2.05, 4.69) is 15.7 Å². The number of hydrogen-bond acceptors (Lipinski definition) is 5. The first-order valence-electron chi connectivity index (χ1n) is 9.54. The average Bonchev–Trinajstić information content (AvgIpc) is 3.06. The molecule has 0 spiro atoms. The molecule has 2 aliphatic heterocycles. The molecule has 0 bridgehead atoms. The molecule has 0 aliphatic carbocycles. The molecule has 1 aromatic rings. The second-order valence-corrected chi connectivity index (χ2v) is 7.38. The normalized spacial score (nSPS) is 18.9. The topological polar surface area (TPSA) is 117 Å². The van der Waals surface area contributed by atoms with E-state index in [1.807, 2.05) is 4.90 Å². The highest BCUT2D eigenvalue weighted by Gasteiger charge is 2.28. The van der Waals surface area contributed by atoms with Crippen LogP contribution in [-0.2, 0) is 11.3 Å². The number of piperidine rings is 1. The highest BCUT2D eigenvalue weighted by Crippen LogP contribution is 2.19. The summed E-state index contributed by atoms with van der Waals surface area (Å²) >= 11 is 0. The van der Waals surface area contributed by atoms with Gasteiger partial charge in [-0.2, -0.15) is 5.10 Å². The number of nitrogens with zero attached hydrogens (tertiary/aromatic N) is 3. The van der Waals surface area contributed by atoms with E-state index < -0.39 is 17.9 Å². The maximum absolute atomic E-state index is 12.7. The minimum atomic E-state index is -0.980. The fraction of sp³-hybridized carbons (Fsp3) is 0.667. The lowest BCUT2D eigenvalue weighted by molar-refractivity contribution is -0.137. The quantitative estimate of drug-likeness (QED) is 0.630. The molecular formula is C18H27N5O4. The Balaban J connectivity index is 1.59. The van der Waals surface area contributed by atoms with Gasteiger partial charge in [0.1, 0.15) is 5.69 Å². The predicted octanol–water partition coefficient (Wildman–Crippen LogP) is 0.322. The van der Waals surface area contributed by atoms with Crippen LogP contribution in [-0.4, -0.2) is 69.8 Å². The molecular weight excluding hydrogens is 350 g/mol. The second kappa shape index (κ2) is 8.51. The zero-order chi connectivity index (χ0) is 19.4. The Morgan fingerprint density at radius 1 is 1.37 bits per heavy atom. The van der Waals surface area contributed by atoms with Gasteiger partial charge in [0.25, 0.3) is 11.8 Å². The number of fused-ring (bicyclic) bond motifs is 1. The summed E-state index contributed by atoms with van der Waals surface area (Å²) in [6.45, 7) is 5.59. The highest BCUT2D eigenvalue weighted by atomic mass is 16.4. The third-order valence-corrected chi connectivity index (χ3v) is 5.22. The number of carboxylic acids is 1. The zero-order valence-electron chi connectivity index (χ0n) is 15.6. The number of amides is 2. The Hall–Kier alpha value is -2.42. The van der Waals surface area contributed by atoms with E-state index in [1.54, 1.807) is 11.6 Å². The maximum atomic E-state index is 12.7. The lowest BCUT2D eigenvalue weighted by atomic mass is 9.94. The van der Waals surface area contributed by atoms with Gasteiger partial charge in [0.05, 0.1) is 13.0 Å². The smallest absolute Gasteiger partial charge is 0.305 e. The molecule has 3 rings (SSSR count). The van der Waals surface area contributed by atoms with Crippen LogP contribution in [0.2, 0.25) is 0 Å². The molecule has 9 nitrogen and oxygen atoms in total. The molecule has 3 heterocycles. The van der Waals surface area contributed by atoms with Crippen molar-refractivity contribution in [2.45, 2.75) is 45.2 Å². The molecule has 1 atom stereocenters. The molecule has 0 aromatic carbocycles. The van der Waals surface area contributed by atoms with E-state index >= 15 is 0 Å². The summed E-state index contributed by atoms with van der Waals surface area (Å²) in [5.41, 5.74) is 0.568. The predicted molar refractivity (Wildman–Crippen MR) is 97.5 cm³/mol. The summed E-state index contributed by atoms with van der Waals surface area (Å²) in [6, 6.07) is 0.993. The summed E-state index contributed by atoms with van der Waals surface area (Å²) in [6.07, 6.45) is 3.14. The maximum Gasteiger partial charge on any atom is 0.305 e. The van der Waals surface area contributed by atoms with Crippen molar-refractivity contribution in [3.63, 3.8) is 0 Å². The van der Waals surface area contributed by atoms with Crippen molar-refractivity contribution in [2.75, 3.05) is 26.2 Å². The van der Waals surface area contributed by atoms with Crippen molar-refractivity contribution >= 4 is 17.8 Å². The monoisotopic (exact) mass is 377 g/mol. The number of aliphatic carboxylic acids is 1. The van der Waals surface area contributed by atoms with E-state index in [1.165, 1.54) is 6.07 Å². The molecule has 1 fully saturated rings.